The number of aliphatic carboxylic acids is 1. The molecule has 0 bridgehead atoms. The number of nitrogens with one attached hydrogen (secondary N) is 1. The molecule has 4 atom stereocenters. The van der Waals surface area contributed by atoms with Gasteiger partial charge in [0.2, 0.25) is 15.9 Å². The summed E-state index contributed by atoms with van der Waals surface area (Å²) >= 11 is 12.7. The molecule has 0 radical (unpaired) electrons. The number of hydrogen-bond donors (Lipinski definition) is 2. The number of sulfonamides is 1. The second kappa shape index (κ2) is 16.6. The van der Waals surface area contributed by atoms with Crippen molar-refractivity contribution in [2.45, 2.75) is 69.6 Å². The predicted molar refractivity (Wildman–Crippen MR) is 205 cm³/mol. The molecule has 0 aliphatic carbocycles. The Morgan fingerprint density at radius 3 is 2.26 bits per heavy atom. The molecule has 6 rings (SSSR count). The molecule has 53 heavy (non-hydrogen) atoms. The Balaban J connectivity index is 1.27. The summed E-state index contributed by atoms with van der Waals surface area (Å²) in [6.45, 7) is 4.44. The van der Waals surface area contributed by atoms with Crippen LogP contribution in [0.5, 0.6) is 5.75 Å². The Labute approximate surface area is 321 Å². The monoisotopic (exact) mass is 778 g/mol. The van der Waals surface area contributed by atoms with Crippen molar-refractivity contribution >= 4 is 45.1 Å². The first-order chi connectivity index (χ1) is 25.3. The molecule has 1 fully saturated rings. The van der Waals surface area contributed by atoms with Crippen molar-refractivity contribution in [1.82, 2.24) is 9.62 Å². The zero-order valence-corrected chi connectivity index (χ0v) is 32.0. The standard InChI is InChI=1S/C41H44Cl2N2O7S/c1-41(2)35-24-34(40(48)45(19-17-38(46)47)25-30-11-7-13-32(43)21-30)37(23-29-10-6-12-31(42)20-29)51-39(35)33-22-27(14-15-36(33)52-41)16-18-44-53(49,50)26-28-8-4-3-5-9-28/h3-15,20-22,34-35,37,39,44H,16-19,23-26H2,1-2H3,(H,46,47)/t34?,35-,37-,39+/m1/s1. The van der Waals surface area contributed by atoms with E-state index < -0.39 is 39.7 Å². The van der Waals surface area contributed by atoms with E-state index >= 15 is 0 Å². The molecule has 2 N–H and O–H groups in total. The number of ether oxygens (including phenoxy) is 2. The third kappa shape index (κ3) is 9.99. The Bertz CT molecular complexity index is 2040. The Kier molecular flexibility index (Phi) is 12.2. The number of carbonyl (C=O) groups is 2. The smallest absolute Gasteiger partial charge is 0.305 e. The van der Waals surface area contributed by atoms with Crippen LogP contribution in [-0.4, -0.2) is 55.1 Å². The van der Waals surface area contributed by atoms with E-state index in [2.05, 4.69) is 4.72 Å². The summed E-state index contributed by atoms with van der Waals surface area (Å²) in [6.07, 6.45) is 0.101. The number of rotatable bonds is 14. The third-order valence-electron chi connectivity index (χ3n) is 10.0. The number of carboxylic acid groups (broad SMARTS) is 1. The molecule has 1 amide bonds. The summed E-state index contributed by atoms with van der Waals surface area (Å²) in [5.74, 6) is -1.46. The van der Waals surface area contributed by atoms with Gasteiger partial charge in [-0.2, -0.15) is 0 Å². The molecular weight excluding hydrogens is 735 g/mol. The molecule has 4 aromatic carbocycles. The zero-order chi connectivity index (χ0) is 37.8. The van der Waals surface area contributed by atoms with E-state index in [-0.39, 0.29) is 43.6 Å². The number of benzene rings is 4. The number of fused-ring (bicyclic) bond motifs is 3. The van der Waals surface area contributed by atoms with E-state index in [1.54, 1.807) is 41.3 Å². The van der Waals surface area contributed by atoms with Gasteiger partial charge in [0, 0.05) is 41.2 Å². The minimum Gasteiger partial charge on any atom is -0.487 e. The second-order valence-electron chi connectivity index (χ2n) is 14.4. The van der Waals surface area contributed by atoms with Crippen LogP contribution in [0.3, 0.4) is 0 Å². The topological polar surface area (TPSA) is 122 Å². The molecule has 1 unspecified atom stereocenters. The fourth-order valence-corrected chi connectivity index (χ4v) is 9.00. The molecule has 9 nitrogen and oxygen atoms in total. The summed E-state index contributed by atoms with van der Waals surface area (Å²) < 4.78 is 41.9. The summed E-state index contributed by atoms with van der Waals surface area (Å²) in [6, 6.07) is 29.6. The lowest BCUT2D eigenvalue weighted by Gasteiger charge is -2.51. The van der Waals surface area contributed by atoms with Crippen molar-refractivity contribution in [3.8, 4) is 5.75 Å². The van der Waals surface area contributed by atoms with Gasteiger partial charge in [-0.15, -0.1) is 0 Å². The van der Waals surface area contributed by atoms with Gasteiger partial charge in [-0.3, -0.25) is 9.59 Å². The normalized spacial score (nSPS) is 20.5. The van der Waals surface area contributed by atoms with Crippen LogP contribution >= 0.6 is 23.2 Å². The van der Waals surface area contributed by atoms with Gasteiger partial charge in [-0.05, 0) is 91.8 Å². The largest absolute Gasteiger partial charge is 0.487 e. The highest BCUT2D eigenvalue weighted by molar-refractivity contribution is 7.88. The van der Waals surface area contributed by atoms with E-state index in [4.69, 9.17) is 32.7 Å². The SMILES string of the molecule is CC1(C)Oc2ccc(CCNS(=O)(=O)Cc3ccccc3)cc2[C@@H]2O[C@H](Cc3cccc(Cl)c3)C(C(=O)N(CCC(=O)O)Cc3cccc(Cl)c3)C[C@H]21. The third-order valence-corrected chi connectivity index (χ3v) is 11.9. The van der Waals surface area contributed by atoms with Gasteiger partial charge in [0.15, 0.2) is 0 Å². The summed E-state index contributed by atoms with van der Waals surface area (Å²) in [5.41, 5.74) is 3.49. The average molecular weight is 780 g/mol. The second-order valence-corrected chi connectivity index (χ2v) is 17.1. The molecule has 2 aliphatic rings. The summed E-state index contributed by atoms with van der Waals surface area (Å²) in [5, 5.41) is 10.7. The Hall–Kier alpha value is -3.93. The molecule has 280 valence electrons. The van der Waals surface area contributed by atoms with Crippen molar-refractivity contribution in [3.05, 3.63) is 135 Å². The fourth-order valence-electron chi connectivity index (χ4n) is 7.42. The van der Waals surface area contributed by atoms with E-state index in [1.807, 2.05) is 74.5 Å². The predicted octanol–water partition coefficient (Wildman–Crippen LogP) is 7.64. The van der Waals surface area contributed by atoms with Crippen molar-refractivity contribution in [3.63, 3.8) is 0 Å². The quantitative estimate of drug-likeness (QED) is 0.135. The highest BCUT2D eigenvalue weighted by Gasteiger charge is 2.52. The first-order valence-corrected chi connectivity index (χ1v) is 20.2. The fraction of sp³-hybridized carbons (Fsp3) is 0.366. The average Bonchev–Trinajstić information content (AvgIpc) is 3.10. The van der Waals surface area contributed by atoms with Crippen molar-refractivity contribution in [1.29, 1.82) is 0 Å². The van der Waals surface area contributed by atoms with Crippen LogP contribution in [0.15, 0.2) is 97.1 Å². The lowest BCUT2D eigenvalue weighted by molar-refractivity contribution is -0.184. The number of carboxylic acids is 1. The molecule has 0 spiro atoms. The number of halogens is 2. The van der Waals surface area contributed by atoms with Crippen LogP contribution in [0, 0.1) is 11.8 Å². The van der Waals surface area contributed by atoms with Crippen LogP contribution in [0.2, 0.25) is 10.0 Å². The molecule has 2 aliphatic heterocycles. The molecule has 0 saturated carbocycles. The van der Waals surface area contributed by atoms with Gasteiger partial charge in [-0.1, -0.05) is 83.9 Å². The minimum absolute atomic E-state index is 0.0242. The molecular formula is C41H44Cl2N2O7S. The van der Waals surface area contributed by atoms with Crippen molar-refractivity contribution in [2.24, 2.45) is 11.8 Å². The van der Waals surface area contributed by atoms with E-state index in [9.17, 15) is 23.1 Å². The van der Waals surface area contributed by atoms with Crippen LogP contribution in [0.4, 0.5) is 0 Å². The Morgan fingerprint density at radius 2 is 1.57 bits per heavy atom. The lowest BCUT2D eigenvalue weighted by atomic mass is 9.70. The minimum atomic E-state index is -3.53. The first-order valence-electron chi connectivity index (χ1n) is 17.7. The number of carbonyl (C=O) groups excluding carboxylic acids is 1. The number of amides is 1. The molecule has 12 heteroatoms. The highest BCUT2D eigenvalue weighted by Crippen LogP contribution is 2.53. The lowest BCUT2D eigenvalue weighted by Crippen LogP contribution is -2.54. The van der Waals surface area contributed by atoms with Gasteiger partial charge in [0.1, 0.15) is 11.4 Å². The summed E-state index contributed by atoms with van der Waals surface area (Å²) in [4.78, 5) is 28.0. The first kappa shape index (κ1) is 38.8. The van der Waals surface area contributed by atoms with Crippen LogP contribution < -0.4 is 9.46 Å². The zero-order valence-electron chi connectivity index (χ0n) is 29.7. The maximum absolute atomic E-state index is 14.7. The van der Waals surface area contributed by atoms with Gasteiger partial charge < -0.3 is 19.5 Å². The van der Waals surface area contributed by atoms with Crippen LogP contribution in [0.1, 0.15) is 60.6 Å². The van der Waals surface area contributed by atoms with Crippen LogP contribution in [0.25, 0.3) is 0 Å². The summed E-state index contributed by atoms with van der Waals surface area (Å²) in [7, 11) is -3.53. The Morgan fingerprint density at radius 1 is 0.887 bits per heavy atom. The molecule has 0 aromatic heterocycles. The van der Waals surface area contributed by atoms with Crippen LogP contribution in [-0.2, 0) is 49.5 Å². The van der Waals surface area contributed by atoms with Gasteiger partial charge in [0.05, 0.1) is 30.3 Å². The molecule has 1 saturated heterocycles. The molecule has 2 heterocycles. The maximum atomic E-state index is 14.7. The van der Waals surface area contributed by atoms with Gasteiger partial charge in [0.25, 0.3) is 0 Å². The van der Waals surface area contributed by atoms with E-state index in [0.717, 1.165) is 22.3 Å². The number of hydrogen-bond acceptors (Lipinski definition) is 6. The van der Waals surface area contributed by atoms with Crippen molar-refractivity contribution < 1.29 is 32.6 Å². The molecule has 4 aromatic rings. The van der Waals surface area contributed by atoms with Gasteiger partial charge in [-0.25, -0.2) is 13.1 Å². The highest BCUT2D eigenvalue weighted by atomic mass is 35.5. The van der Waals surface area contributed by atoms with E-state index in [1.165, 1.54) is 0 Å². The van der Waals surface area contributed by atoms with E-state index in [0.29, 0.717) is 40.6 Å². The van der Waals surface area contributed by atoms with Gasteiger partial charge >= 0.3 is 5.97 Å². The van der Waals surface area contributed by atoms with Crippen molar-refractivity contribution in [2.75, 3.05) is 13.1 Å². The number of nitrogens with zero attached hydrogens (tertiary/aromatic N) is 1. The maximum Gasteiger partial charge on any atom is 0.305 e.